The molecule has 9 aromatic carbocycles. The molecule has 1 aliphatic rings. The number of nitrogens with zero attached hydrogens (tertiary/aromatic N) is 3. The van der Waals surface area contributed by atoms with Gasteiger partial charge >= 0.3 is 0 Å². The fraction of sp³-hybridized carbons (Fsp3) is 0.0862. The summed E-state index contributed by atoms with van der Waals surface area (Å²) < 4.78 is 4.69. The van der Waals surface area contributed by atoms with Gasteiger partial charge in [-0.3, -0.25) is 15.1 Å². The predicted molar refractivity (Wildman–Crippen MR) is 267 cm³/mol. The van der Waals surface area contributed by atoms with E-state index in [9.17, 15) is 0 Å². The van der Waals surface area contributed by atoms with Crippen molar-refractivity contribution in [2.75, 3.05) is 5.43 Å². The van der Waals surface area contributed by atoms with Crippen molar-refractivity contribution in [2.45, 2.75) is 36.2 Å². The Morgan fingerprint density at radius 3 is 1.97 bits per heavy atom. The number of hydrogen-bond acceptors (Lipinski definition) is 3. The minimum atomic E-state index is -0.311. The Labute approximate surface area is 371 Å². The van der Waals surface area contributed by atoms with Crippen LogP contribution in [0.5, 0.6) is 0 Å². The maximum Gasteiger partial charge on any atom is 0.158 e. The molecule has 2 aromatic heterocycles. The van der Waals surface area contributed by atoms with Crippen LogP contribution in [-0.2, 0) is 0 Å². The molecule has 11 aromatic rings. The fourth-order valence-electron chi connectivity index (χ4n) is 9.84. The molecule has 0 bridgehead atoms. The van der Waals surface area contributed by atoms with Crippen molar-refractivity contribution >= 4 is 71.9 Å². The lowest BCUT2D eigenvalue weighted by Crippen LogP contribution is -2.23. The van der Waals surface area contributed by atoms with Crippen LogP contribution in [-0.4, -0.2) is 15.0 Å². The molecular formula is C58H44N4S. The van der Waals surface area contributed by atoms with Gasteiger partial charge in [0.2, 0.25) is 0 Å². The molecule has 0 amide bonds. The lowest BCUT2D eigenvalue weighted by Gasteiger charge is -2.23. The first kappa shape index (κ1) is 37.4. The van der Waals surface area contributed by atoms with Crippen LogP contribution in [0, 0.1) is 5.92 Å². The largest absolute Gasteiger partial charge is 0.309 e. The van der Waals surface area contributed by atoms with Crippen LogP contribution in [0.25, 0.3) is 82.3 Å². The van der Waals surface area contributed by atoms with Crippen molar-refractivity contribution < 1.29 is 0 Å². The standard InChI is InChI=1S/C58H44N4S/c1-3-37(2)57(38-18-7-4-8-19-38)59-58(39-20-9-5-10-21-39)60-62-50-29-16-13-24-43(50)48-34-40(31-33-51(48)62)41-30-32-44-45-26-17-27-47-55-46-25-14-15-28-49(46)61(42-22-11-6-12-23-42)52(55)36-54(56(45)47)63-53(44)35-41/h4-37,58,60H,3H2,1-2H3. The third-order valence-corrected chi connectivity index (χ3v) is 14.2. The molecule has 0 fully saturated rings. The van der Waals surface area contributed by atoms with Crippen molar-refractivity contribution in [3.8, 4) is 27.9 Å². The number of benzene rings is 9. The average Bonchev–Trinajstić information content (AvgIpc) is 3.85. The predicted octanol–water partition coefficient (Wildman–Crippen LogP) is 15.6. The zero-order chi connectivity index (χ0) is 42.0. The summed E-state index contributed by atoms with van der Waals surface area (Å²) in [5.74, 6) is 0.291. The first-order valence-electron chi connectivity index (χ1n) is 22.0. The molecular weight excluding hydrogens is 785 g/mol. The Kier molecular flexibility index (Phi) is 9.05. The second-order valence-corrected chi connectivity index (χ2v) is 17.8. The summed E-state index contributed by atoms with van der Waals surface area (Å²) in [6, 6.07) is 72.8. The second kappa shape index (κ2) is 15.2. The van der Waals surface area contributed by atoms with Gasteiger partial charge in [0.25, 0.3) is 0 Å². The van der Waals surface area contributed by atoms with Crippen molar-refractivity contribution in [1.29, 1.82) is 0 Å². The molecule has 63 heavy (non-hydrogen) atoms. The summed E-state index contributed by atoms with van der Waals surface area (Å²) in [6.07, 6.45) is 0.690. The maximum absolute atomic E-state index is 5.54. The molecule has 0 saturated carbocycles. The van der Waals surface area contributed by atoms with Gasteiger partial charge in [-0.25, -0.2) is 0 Å². The summed E-state index contributed by atoms with van der Waals surface area (Å²) >= 11 is 1.89. The van der Waals surface area contributed by atoms with Crippen molar-refractivity contribution in [3.05, 3.63) is 211 Å². The molecule has 0 spiro atoms. The first-order chi connectivity index (χ1) is 31.1. The Morgan fingerprint density at radius 2 is 1.17 bits per heavy atom. The Morgan fingerprint density at radius 1 is 0.524 bits per heavy atom. The number of aliphatic imine (C=N–C) groups is 1. The SMILES string of the molecule is CCC(C)C(=NC(Nn1c2ccccc2c2cc(-c3ccc4c(c3)Sc3cc5c(c6cccc-4c36)c3ccccc3n5-c3ccccc3)ccc21)c1ccccc1)c1ccccc1. The van der Waals surface area contributed by atoms with E-state index in [4.69, 9.17) is 4.99 Å². The minimum Gasteiger partial charge on any atom is -0.309 e. The van der Waals surface area contributed by atoms with E-state index >= 15 is 0 Å². The highest BCUT2D eigenvalue weighted by atomic mass is 32.2. The van der Waals surface area contributed by atoms with Gasteiger partial charge in [0.05, 0.1) is 22.1 Å². The van der Waals surface area contributed by atoms with E-state index in [0.717, 1.165) is 34.3 Å². The number of nitrogens with one attached hydrogen (secondary N) is 1. The van der Waals surface area contributed by atoms with E-state index in [1.807, 2.05) is 11.8 Å². The highest BCUT2D eigenvalue weighted by Gasteiger charge is 2.25. The molecule has 0 radical (unpaired) electrons. The molecule has 4 nitrogen and oxygen atoms in total. The van der Waals surface area contributed by atoms with Gasteiger partial charge in [-0.15, -0.1) is 0 Å². The van der Waals surface area contributed by atoms with E-state index < -0.39 is 0 Å². The third kappa shape index (κ3) is 6.18. The topological polar surface area (TPSA) is 34.2 Å². The molecule has 2 atom stereocenters. The van der Waals surface area contributed by atoms with Gasteiger partial charge in [-0.05, 0) is 99.6 Å². The number of fused-ring (bicyclic) bond motifs is 9. The third-order valence-electron chi connectivity index (χ3n) is 13.1. The van der Waals surface area contributed by atoms with E-state index in [1.54, 1.807) is 0 Å². The summed E-state index contributed by atoms with van der Waals surface area (Å²) in [4.78, 5) is 8.11. The molecule has 1 N–H and O–H groups in total. The second-order valence-electron chi connectivity index (χ2n) is 16.7. The lowest BCUT2D eigenvalue weighted by atomic mass is 9.93. The van der Waals surface area contributed by atoms with Gasteiger partial charge < -0.3 is 4.57 Å². The van der Waals surface area contributed by atoms with E-state index in [1.165, 1.54) is 81.1 Å². The first-order valence-corrected chi connectivity index (χ1v) is 22.8. The van der Waals surface area contributed by atoms with Crippen LogP contribution in [0.4, 0.5) is 0 Å². The maximum atomic E-state index is 5.54. The van der Waals surface area contributed by atoms with Crippen LogP contribution in [0.3, 0.4) is 0 Å². The summed E-state index contributed by atoms with van der Waals surface area (Å²) in [7, 11) is 0. The van der Waals surface area contributed by atoms with Gasteiger partial charge in [-0.2, -0.15) is 0 Å². The van der Waals surface area contributed by atoms with Crippen LogP contribution < -0.4 is 5.43 Å². The van der Waals surface area contributed by atoms with Gasteiger partial charge in [0, 0.05) is 48.1 Å². The van der Waals surface area contributed by atoms with Crippen LogP contribution in [0.15, 0.2) is 215 Å². The van der Waals surface area contributed by atoms with Crippen molar-refractivity contribution in [1.82, 2.24) is 9.24 Å². The molecule has 3 heterocycles. The van der Waals surface area contributed by atoms with Crippen LogP contribution in [0.2, 0.25) is 0 Å². The van der Waals surface area contributed by atoms with Crippen LogP contribution in [0.1, 0.15) is 37.6 Å². The monoisotopic (exact) mass is 828 g/mol. The number of rotatable bonds is 9. The lowest BCUT2D eigenvalue weighted by molar-refractivity contribution is 0.692. The molecule has 1 aliphatic heterocycles. The number of aromatic nitrogens is 2. The van der Waals surface area contributed by atoms with Gasteiger partial charge in [-0.1, -0.05) is 177 Å². The smallest absolute Gasteiger partial charge is 0.158 e. The summed E-state index contributed by atoms with van der Waals surface area (Å²) in [5, 5.41) is 7.64. The zero-order valence-electron chi connectivity index (χ0n) is 35.2. The van der Waals surface area contributed by atoms with Crippen LogP contribution >= 0.6 is 11.8 Å². The Balaban J connectivity index is 0.969. The van der Waals surface area contributed by atoms with Crippen molar-refractivity contribution in [3.63, 3.8) is 0 Å². The molecule has 0 saturated heterocycles. The fourth-order valence-corrected chi connectivity index (χ4v) is 11.0. The Bertz CT molecular complexity index is 3570. The van der Waals surface area contributed by atoms with Gasteiger partial charge in [0.1, 0.15) is 0 Å². The summed E-state index contributed by atoms with van der Waals surface area (Å²) in [5.41, 5.74) is 18.2. The van der Waals surface area contributed by atoms with E-state index in [2.05, 4.69) is 229 Å². The van der Waals surface area contributed by atoms with E-state index in [0.29, 0.717) is 5.92 Å². The van der Waals surface area contributed by atoms with E-state index in [-0.39, 0.29) is 6.17 Å². The molecule has 302 valence electrons. The highest BCUT2D eigenvalue weighted by Crippen LogP contribution is 2.52. The quantitative estimate of drug-likeness (QED) is 0.147. The average molecular weight is 829 g/mol. The number of para-hydroxylation sites is 3. The molecule has 12 rings (SSSR count). The molecule has 0 aliphatic carbocycles. The van der Waals surface area contributed by atoms with Gasteiger partial charge in [0.15, 0.2) is 6.17 Å². The molecule has 5 heteroatoms. The summed E-state index contributed by atoms with van der Waals surface area (Å²) in [6.45, 7) is 4.52. The zero-order valence-corrected chi connectivity index (χ0v) is 36.0. The minimum absolute atomic E-state index is 0.291. The van der Waals surface area contributed by atoms with Crippen molar-refractivity contribution in [2.24, 2.45) is 10.9 Å². The normalized spacial score (nSPS) is 13.5. The highest BCUT2D eigenvalue weighted by molar-refractivity contribution is 7.99. The number of hydrogen-bond donors (Lipinski definition) is 1. The molecule has 2 unspecified atom stereocenters. The Hall–Kier alpha value is -7.34.